The van der Waals surface area contributed by atoms with Gasteiger partial charge in [-0.1, -0.05) is 0 Å². The van der Waals surface area contributed by atoms with E-state index in [0.717, 1.165) is 18.5 Å². The number of hydrogen-bond acceptors (Lipinski definition) is 4. The first-order valence-electron chi connectivity index (χ1n) is 7.45. The van der Waals surface area contributed by atoms with Crippen LogP contribution >= 0.6 is 11.3 Å². The van der Waals surface area contributed by atoms with Crippen LogP contribution in [0, 0.1) is 6.92 Å². The highest BCUT2D eigenvalue weighted by Gasteiger charge is 2.30. The Morgan fingerprint density at radius 3 is 2.85 bits per heavy atom. The normalized spacial score (nSPS) is 18.4. The van der Waals surface area contributed by atoms with E-state index in [-0.39, 0.29) is 0 Å². The van der Waals surface area contributed by atoms with Gasteiger partial charge < -0.3 is 5.32 Å². The second kappa shape index (κ2) is 4.93. The number of nitrogens with zero attached hydrogens (tertiary/aromatic N) is 2. The minimum absolute atomic E-state index is 0.721. The van der Waals surface area contributed by atoms with Gasteiger partial charge in [-0.15, -0.1) is 11.3 Å². The summed E-state index contributed by atoms with van der Waals surface area (Å²) in [5.41, 5.74) is 3.81. The molecule has 0 aromatic carbocycles. The smallest absolute Gasteiger partial charge is 0.124 e. The molecule has 104 valence electrons. The van der Waals surface area contributed by atoms with E-state index in [2.05, 4.69) is 23.3 Å². The molecular weight excluding hydrogens is 266 g/mol. The summed E-state index contributed by atoms with van der Waals surface area (Å²) < 4.78 is 0. The van der Waals surface area contributed by atoms with E-state index >= 15 is 0 Å². The van der Waals surface area contributed by atoms with Gasteiger partial charge in [0.05, 0.1) is 5.69 Å². The topological polar surface area (TPSA) is 37.8 Å². The van der Waals surface area contributed by atoms with Gasteiger partial charge in [0.1, 0.15) is 5.01 Å². The molecular formula is C16H19N3S. The zero-order valence-corrected chi connectivity index (χ0v) is 12.5. The van der Waals surface area contributed by atoms with Crippen molar-refractivity contribution in [1.82, 2.24) is 15.3 Å². The Kier molecular flexibility index (Phi) is 3.08. The molecule has 2 fully saturated rings. The monoisotopic (exact) mass is 285 g/mol. The van der Waals surface area contributed by atoms with Gasteiger partial charge in [-0.05, 0) is 44.2 Å². The van der Waals surface area contributed by atoms with Crippen LogP contribution in [0.5, 0.6) is 0 Å². The van der Waals surface area contributed by atoms with Gasteiger partial charge in [-0.2, -0.15) is 0 Å². The van der Waals surface area contributed by atoms with Crippen LogP contribution in [-0.2, 0) is 6.54 Å². The lowest BCUT2D eigenvalue weighted by Gasteiger charge is -2.01. The maximum Gasteiger partial charge on any atom is 0.124 e. The van der Waals surface area contributed by atoms with Crippen molar-refractivity contribution in [3.63, 3.8) is 0 Å². The van der Waals surface area contributed by atoms with Crippen LogP contribution in [-0.4, -0.2) is 16.0 Å². The van der Waals surface area contributed by atoms with Gasteiger partial charge in [0.15, 0.2) is 0 Å². The highest BCUT2D eigenvalue weighted by molar-refractivity contribution is 7.15. The number of thiazole rings is 1. The number of aryl methyl sites for hydroxylation is 1. The van der Waals surface area contributed by atoms with Crippen molar-refractivity contribution in [3.05, 3.63) is 34.6 Å². The lowest BCUT2D eigenvalue weighted by atomic mass is 10.2. The Morgan fingerprint density at radius 2 is 2.15 bits per heavy atom. The summed E-state index contributed by atoms with van der Waals surface area (Å²) in [6.45, 7) is 3.11. The molecule has 2 aliphatic rings. The molecule has 3 nitrogen and oxygen atoms in total. The molecule has 0 spiro atoms. The molecule has 0 amide bonds. The quantitative estimate of drug-likeness (QED) is 0.911. The first-order chi connectivity index (χ1) is 9.81. The lowest BCUT2D eigenvalue weighted by Crippen LogP contribution is -2.15. The van der Waals surface area contributed by atoms with E-state index in [0.29, 0.717) is 0 Å². The molecule has 2 saturated carbocycles. The highest BCUT2D eigenvalue weighted by atomic mass is 32.1. The number of pyridine rings is 1. The summed E-state index contributed by atoms with van der Waals surface area (Å²) in [5, 5.41) is 4.80. The van der Waals surface area contributed by atoms with Crippen molar-refractivity contribution in [2.75, 3.05) is 0 Å². The number of rotatable bonds is 5. The molecule has 0 aliphatic heterocycles. The van der Waals surface area contributed by atoms with E-state index in [1.165, 1.54) is 52.4 Å². The Labute approximate surface area is 123 Å². The summed E-state index contributed by atoms with van der Waals surface area (Å²) in [4.78, 5) is 10.6. The van der Waals surface area contributed by atoms with E-state index < -0.39 is 0 Å². The van der Waals surface area contributed by atoms with Crippen LogP contribution in [0.25, 0.3) is 10.6 Å². The van der Waals surface area contributed by atoms with Crippen LogP contribution in [0.1, 0.15) is 47.7 Å². The van der Waals surface area contributed by atoms with E-state index in [9.17, 15) is 0 Å². The summed E-state index contributed by atoms with van der Waals surface area (Å²) in [7, 11) is 0. The summed E-state index contributed by atoms with van der Waals surface area (Å²) in [5.74, 6) is 0.721. The third-order valence-corrected chi connectivity index (χ3v) is 5.18. The molecule has 2 aromatic heterocycles. The maximum absolute atomic E-state index is 4.95. The number of nitrogens with one attached hydrogen (secondary N) is 1. The number of aromatic nitrogens is 2. The van der Waals surface area contributed by atoms with E-state index in [1.54, 1.807) is 0 Å². The van der Waals surface area contributed by atoms with Crippen molar-refractivity contribution in [2.24, 2.45) is 0 Å². The fourth-order valence-electron chi connectivity index (χ4n) is 2.52. The SMILES string of the molecule is Cc1cnccc1-c1nc(C2CC2)c(CNC2CC2)s1. The Balaban J connectivity index is 1.66. The molecule has 0 saturated heterocycles. The summed E-state index contributed by atoms with van der Waals surface area (Å²) in [6, 6.07) is 2.85. The fraction of sp³-hybridized carbons (Fsp3) is 0.500. The van der Waals surface area contributed by atoms with E-state index in [1.807, 2.05) is 23.7 Å². The van der Waals surface area contributed by atoms with Gasteiger partial charge >= 0.3 is 0 Å². The molecule has 0 radical (unpaired) electrons. The van der Waals surface area contributed by atoms with Crippen LogP contribution in [0.3, 0.4) is 0 Å². The van der Waals surface area contributed by atoms with Gasteiger partial charge in [-0.25, -0.2) is 4.98 Å². The third kappa shape index (κ3) is 2.50. The fourth-order valence-corrected chi connectivity index (χ4v) is 3.71. The van der Waals surface area contributed by atoms with E-state index in [4.69, 9.17) is 4.98 Å². The molecule has 2 heterocycles. The van der Waals surface area contributed by atoms with Crippen LogP contribution in [0.2, 0.25) is 0 Å². The van der Waals surface area contributed by atoms with Crippen LogP contribution in [0.4, 0.5) is 0 Å². The Hall–Kier alpha value is -1.26. The molecule has 4 rings (SSSR count). The second-order valence-electron chi connectivity index (χ2n) is 5.95. The molecule has 0 unspecified atom stereocenters. The predicted octanol–water partition coefficient (Wildman–Crippen LogP) is 3.64. The lowest BCUT2D eigenvalue weighted by molar-refractivity contribution is 0.688. The summed E-state index contributed by atoms with van der Waals surface area (Å²) >= 11 is 1.86. The number of hydrogen-bond donors (Lipinski definition) is 1. The highest BCUT2D eigenvalue weighted by Crippen LogP contribution is 2.44. The van der Waals surface area contributed by atoms with Crippen molar-refractivity contribution in [2.45, 2.75) is 51.1 Å². The van der Waals surface area contributed by atoms with Crippen molar-refractivity contribution >= 4 is 11.3 Å². The van der Waals surface area contributed by atoms with Crippen molar-refractivity contribution in [3.8, 4) is 10.6 Å². The molecule has 1 N–H and O–H groups in total. The van der Waals surface area contributed by atoms with Crippen molar-refractivity contribution in [1.29, 1.82) is 0 Å². The first kappa shape index (κ1) is 12.5. The Morgan fingerprint density at radius 1 is 1.30 bits per heavy atom. The minimum atomic E-state index is 0.721. The van der Waals surface area contributed by atoms with Gasteiger partial charge in [0.2, 0.25) is 0 Å². The molecule has 0 atom stereocenters. The summed E-state index contributed by atoms with van der Waals surface area (Å²) in [6.07, 6.45) is 9.10. The first-order valence-corrected chi connectivity index (χ1v) is 8.27. The van der Waals surface area contributed by atoms with Crippen LogP contribution < -0.4 is 5.32 Å². The maximum atomic E-state index is 4.95. The second-order valence-corrected chi connectivity index (χ2v) is 7.03. The molecule has 0 bridgehead atoms. The van der Waals surface area contributed by atoms with Gasteiger partial charge in [0, 0.05) is 41.3 Å². The zero-order chi connectivity index (χ0) is 13.5. The largest absolute Gasteiger partial charge is 0.309 e. The average molecular weight is 285 g/mol. The Bertz CT molecular complexity index is 626. The van der Waals surface area contributed by atoms with Crippen molar-refractivity contribution < 1.29 is 0 Å². The van der Waals surface area contributed by atoms with Gasteiger partial charge in [0.25, 0.3) is 0 Å². The standard InChI is InChI=1S/C16H19N3S/c1-10-8-17-7-6-13(10)16-19-15(11-2-3-11)14(20-16)9-18-12-4-5-12/h6-8,11-12,18H,2-5,9H2,1H3. The predicted molar refractivity (Wildman–Crippen MR) is 81.9 cm³/mol. The third-order valence-electron chi connectivity index (χ3n) is 4.07. The van der Waals surface area contributed by atoms with Gasteiger partial charge in [-0.3, -0.25) is 4.98 Å². The zero-order valence-electron chi connectivity index (χ0n) is 11.7. The minimum Gasteiger partial charge on any atom is -0.309 e. The molecule has 4 heteroatoms. The average Bonchev–Trinajstić information content (AvgIpc) is 3.36. The van der Waals surface area contributed by atoms with Crippen LogP contribution in [0.15, 0.2) is 18.5 Å². The molecule has 20 heavy (non-hydrogen) atoms. The molecule has 2 aliphatic carbocycles. The molecule has 2 aromatic rings.